The van der Waals surface area contributed by atoms with Crippen LogP contribution in [0.3, 0.4) is 0 Å². The Labute approximate surface area is 109 Å². The van der Waals surface area contributed by atoms with Crippen molar-refractivity contribution >= 4 is 5.91 Å². The summed E-state index contributed by atoms with van der Waals surface area (Å²) in [6, 6.07) is 1.41. The molecule has 19 heavy (non-hydrogen) atoms. The van der Waals surface area contributed by atoms with Gasteiger partial charge in [0, 0.05) is 18.7 Å². The molecule has 1 amide bonds. The Morgan fingerprint density at radius 1 is 1.32 bits per heavy atom. The molecule has 0 aliphatic carbocycles. The molecule has 0 saturated carbocycles. The van der Waals surface area contributed by atoms with Crippen LogP contribution >= 0.6 is 0 Å². The van der Waals surface area contributed by atoms with Crippen molar-refractivity contribution in [3.8, 4) is 0 Å². The van der Waals surface area contributed by atoms with Gasteiger partial charge in [0.15, 0.2) is 17.5 Å². The van der Waals surface area contributed by atoms with Crippen LogP contribution in [0.4, 0.5) is 13.2 Å². The minimum Gasteiger partial charge on any atom is -0.335 e. The number of carbonyl (C=O) groups is 1. The number of nitrogens with two attached hydrogens (primary N) is 1. The van der Waals surface area contributed by atoms with E-state index in [1.807, 2.05) is 6.92 Å². The van der Waals surface area contributed by atoms with E-state index in [4.69, 9.17) is 5.73 Å². The van der Waals surface area contributed by atoms with E-state index in [9.17, 15) is 18.0 Å². The van der Waals surface area contributed by atoms with Crippen molar-refractivity contribution in [2.45, 2.75) is 25.3 Å². The Balaban J connectivity index is 2.10. The smallest absolute Gasteiger partial charge is 0.254 e. The number of carbonyl (C=O) groups excluding carboxylic acids is 1. The minimum atomic E-state index is -1.57. The molecule has 0 atom stereocenters. The van der Waals surface area contributed by atoms with Crippen LogP contribution in [0.25, 0.3) is 0 Å². The first-order valence-corrected chi connectivity index (χ1v) is 6.09. The Morgan fingerprint density at radius 2 is 1.84 bits per heavy atom. The van der Waals surface area contributed by atoms with Gasteiger partial charge in [0.1, 0.15) is 0 Å². The zero-order valence-electron chi connectivity index (χ0n) is 10.5. The molecular formula is C13H15F3N2O. The lowest BCUT2D eigenvalue weighted by atomic mass is 9.86. The first kappa shape index (κ1) is 13.9. The quantitative estimate of drug-likeness (QED) is 0.856. The predicted octanol–water partition coefficient (Wildman–Crippen LogP) is 2.06. The van der Waals surface area contributed by atoms with Gasteiger partial charge in [-0.05, 0) is 18.6 Å². The van der Waals surface area contributed by atoms with Gasteiger partial charge in [-0.15, -0.1) is 0 Å². The van der Waals surface area contributed by atoms with Crippen molar-refractivity contribution in [3.63, 3.8) is 0 Å². The van der Waals surface area contributed by atoms with Crippen LogP contribution in [-0.4, -0.2) is 29.4 Å². The van der Waals surface area contributed by atoms with Gasteiger partial charge >= 0.3 is 0 Å². The zero-order valence-corrected chi connectivity index (χ0v) is 10.5. The number of hydrogen-bond acceptors (Lipinski definition) is 2. The Morgan fingerprint density at radius 3 is 2.32 bits per heavy atom. The first-order valence-electron chi connectivity index (χ1n) is 6.09. The minimum absolute atomic E-state index is 0.199. The van der Waals surface area contributed by atoms with Gasteiger partial charge < -0.3 is 10.6 Å². The maximum absolute atomic E-state index is 13.0. The summed E-state index contributed by atoms with van der Waals surface area (Å²) < 4.78 is 38.9. The summed E-state index contributed by atoms with van der Waals surface area (Å²) >= 11 is 0. The van der Waals surface area contributed by atoms with Crippen molar-refractivity contribution in [3.05, 3.63) is 35.1 Å². The SMILES string of the molecule is CCCC1(N)CN(C(=O)c2cc(F)c(F)c(F)c2)C1. The van der Waals surface area contributed by atoms with E-state index < -0.39 is 28.9 Å². The Hall–Kier alpha value is -1.56. The maximum atomic E-state index is 13.0. The van der Waals surface area contributed by atoms with Crippen molar-refractivity contribution in [2.75, 3.05) is 13.1 Å². The molecule has 1 aliphatic heterocycles. The van der Waals surface area contributed by atoms with E-state index >= 15 is 0 Å². The lowest BCUT2D eigenvalue weighted by Crippen LogP contribution is -2.68. The third-order valence-electron chi connectivity index (χ3n) is 3.28. The highest BCUT2D eigenvalue weighted by Gasteiger charge is 2.41. The molecule has 1 aromatic rings. The summed E-state index contributed by atoms with van der Waals surface area (Å²) in [5, 5.41) is 0. The van der Waals surface area contributed by atoms with Crippen LogP contribution in [-0.2, 0) is 0 Å². The zero-order chi connectivity index (χ0) is 14.2. The van der Waals surface area contributed by atoms with Crippen LogP contribution in [0, 0.1) is 17.5 Å². The fourth-order valence-electron chi connectivity index (χ4n) is 2.38. The molecule has 104 valence electrons. The summed E-state index contributed by atoms with van der Waals surface area (Å²) in [4.78, 5) is 13.4. The molecule has 2 rings (SSSR count). The second-order valence-corrected chi connectivity index (χ2v) is 5.03. The molecule has 0 aromatic heterocycles. The van der Waals surface area contributed by atoms with Crippen molar-refractivity contribution in [2.24, 2.45) is 5.73 Å². The standard InChI is InChI=1S/C13H15F3N2O/c1-2-3-13(17)6-18(7-13)12(19)8-4-9(14)11(16)10(15)5-8/h4-5H,2-3,6-7,17H2,1H3. The van der Waals surface area contributed by atoms with E-state index in [2.05, 4.69) is 0 Å². The summed E-state index contributed by atoms with van der Waals surface area (Å²) in [5.41, 5.74) is 5.39. The number of benzene rings is 1. The third kappa shape index (κ3) is 2.58. The molecule has 1 aliphatic rings. The van der Waals surface area contributed by atoms with Crippen LogP contribution in [0.1, 0.15) is 30.1 Å². The van der Waals surface area contributed by atoms with Crippen LogP contribution in [0.15, 0.2) is 12.1 Å². The fourth-order valence-corrected chi connectivity index (χ4v) is 2.38. The lowest BCUT2D eigenvalue weighted by molar-refractivity contribution is 0.0385. The molecular weight excluding hydrogens is 257 g/mol. The van der Waals surface area contributed by atoms with Gasteiger partial charge in [0.2, 0.25) is 0 Å². The third-order valence-corrected chi connectivity index (χ3v) is 3.28. The Kier molecular flexibility index (Phi) is 3.54. The van der Waals surface area contributed by atoms with E-state index in [1.165, 1.54) is 4.90 Å². The summed E-state index contributed by atoms with van der Waals surface area (Å²) in [5.74, 6) is -4.83. The summed E-state index contributed by atoms with van der Waals surface area (Å²) in [7, 11) is 0. The highest BCUT2D eigenvalue weighted by molar-refractivity contribution is 5.95. The number of nitrogens with zero attached hydrogens (tertiary/aromatic N) is 1. The van der Waals surface area contributed by atoms with Gasteiger partial charge in [-0.3, -0.25) is 4.79 Å². The predicted molar refractivity (Wildman–Crippen MR) is 64.0 cm³/mol. The fraction of sp³-hybridized carbons (Fsp3) is 0.462. The first-order chi connectivity index (χ1) is 8.86. The maximum Gasteiger partial charge on any atom is 0.254 e. The molecule has 0 unspecified atom stereocenters. The normalized spacial score (nSPS) is 17.2. The molecule has 1 heterocycles. The topological polar surface area (TPSA) is 46.3 Å². The monoisotopic (exact) mass is 272 g/mol. The van der Waals surface area contributed by atoms with Gasteiger partial charge in [-0.2, -0.15) is 0 Å². The summed E-state index contributed by atoms with van der Waals surface area (Å²) in [6.07, 6.45) is 1.68. The van der Waals surface area contributed by atoms with E-state index in [0.717, 1.165) is 12.8 Å². The van der Waals surface area contributed by atoms with E-state index in [0.29, 0.717) is 25.2 Å². The number of rotatable bonds is 3. The average molecular weight is 272 g/mol. The average Bonchev–Trinajstić information content (AvgIpc) is 2.31. The largest absolute Gasteiger partial charge is 0.335 e. The summed E-state index contributed by atoms with van der Waals surface area (Å²) in [6.45, 7) is 2.68. The highest BCUT2D eigenvalue weighted by atomic mass is 19.2. The number of likely N-dealkylation sites (tertiary alicyclic amines) is 1. The molecule has 0 spiro atoms. The van der Waals surface area contributed by atoms with Crippen molar-refractivity contribution < 1.29 is 18.0 Å². The Bertz CT molecular complexity index is 490. The van der Waals surface area contributed by atoms with Gasteiger partial charge in [0.25, 0.3) is 5.91 Å². The lowest BCUT2D eigenvalue weighted by Gasteiger charge is -2.47. The molecule has 6 heteroatoms. The van der Waals surface area contributed by atoms with E-state index in [-0.39, 0.29) is 5.56 Å². The second-order valence-electron chi connectivity index (χ2n) is 5.03. The molecule has 1 saturated heterocycles. The van der Waals surface area contributed by atoms with E-state index in [1.54, 1.807) is 0 Å². The van der Waals surface area contributed by atoms with Crippen molar-refractivity contribution in [1.29, 1.82) is 0 Å². The van der Waals surface area contributed by atoms with Gasteiger partial charge in [-0.1, -0.05) is 13.3 Å². The van der Waals surface area contributed by atoms with Crippen LogP contribution in [0.2, 0.25) is 0 Å². The van der Waals surface area contributed by atoms with Crippen LogP contribution < -0.4 is 5.73 Å². The number of hydrogen-bond donors (Lipinski definition) is 1. The van der Waals surface area contributed by atoms with Gasteiger partial charge in [-0.25, -0.2) is 13.2 Å². The van der Waals surface area contributed by atoms with Crippen LogP contribution in [0.5, 0.6) is 0 Å². The molecule has 1 fully saturated rings. The second kappa shape index (κ2) is 4.85. The molecule has 2 N–H and O–H groups in total. The van der Waals surface area contributed by atoms with Gasteiger partial charge in [0.05, 0.1) is 5.54 Å². The molecule has 0 radical (unpaired) electrons. The number of halogens is 3. The number of amides is 1. The molecule has 3 nitrogen and oxygen atoms in total. The molecule has 0 bridgehead atoms. The van der Waals surface area contributed by atoms with Crippen molar-refractivity contribution in [1.82, 2.24) is 4.90 Å². The molecule has 1 aromatic carbocycles. The highest BCUT2D eigenvalue weighted by Crippen LogP contribution is 2.25.